The van der Waals surface area contributed by atoms with Crippen LogP contribution in [0.4, 0.5) is 10.1 Å². The normalized spacial score (nSPS) is 14.5. The van der Waals surface area contributed by atoms with E-state index in [9.17, 15) is 4.39 Å². The maximum absolute atomic E-state index is 13.8. The van der Waals surface area contributed by atoms with Gasteiger partial charge >= 0.3 is 0 Å². The average Bonchev–Trinajstić information content (AvgIpc) is 2.52. The van der Waals surface area contributed by atoms with Crippen LogP contribution in [0.15, 0.2) is 12.1 Å². The van der Waals surface area contributed by atoms with Crippen molar-refractivity contribution in [3.8, 4) is 0 Å². The third-order valence-electron chi connectivity index (χ3n) is 2.29. The molecule has 0 aliphatic carbocycles. The molecule has 13 heavy (non-hydrogen) atoms. The zero-order valence-electron chi connectivity index (χ0n) is 7.73. The number of nitrogens with one attached hydrogen (secondary N) is 1. The van der Waals surface area contributed by atoms with Gasteiger partial charge in [0.2, 0.25) is 0 Å². The van der Waals surface area contributed by atoms with E-state index < -0.39 is 0 Å². The van der Waals surface area contributed by atoms with Crippen molar-refractivity contribution in [3.63, 3.8) is 0 Å². The Balaban J connectivity index is 2.52. The van der Waals surface area contributed by atoms with Gasteiger partial charge in [0.1, 0.15) is 5.82 Å². The molecule has 0 atom stereocenters. The van der Waals surface area contributed by atoms with E-state index in [1.807, 2.05) is 26.0 Å². The molecule has 0 saturated heterocycles. The van der Waals surface area contributed by atoms with Crippen LogP contribution in [0.2, 0.25) is 0 Å². The number of hydrogen-bond donors (Lipinski definition) is 1. The van der Waals surface area contributed by atoms with Gasteiger partial charge in [-0.1, -0.05) is 19.9 Å². The monoisotopic (exact) mass is 197 g/mol. The van der Waals surface area contributed by atoms with E-state index in [1.54, 1.807) is 11.9 Å². The van der Waals surface area contributed by atoms with E-state index in [1.165, 1.54) is 0 Å². The molecule has 0 amide bonds. The first kappa shape index (κ1) is 8.88. The van der Waals surface area contributed by atoms with Gasteiger partial charge in [0.25, 0.3) is 0 Å². The van der Waals surface area contributed by atoms with Gasteiger partial charge in [-0.3, -0.25) is 0 Å². The van der Waals surface area contributed by atoms with Crippen LogP contribution in [0.1, 0.15) is 30.9 Å². The number of fused-ring (bicyclic) bond motifs is 1. The molecule has 0 radical (unpaired) electrons. The maximum atomic E-state index is 13.8. The predicted molar refractivity (Wildman–Crippen MR) is 55.4 cm³/mol. The molecule has 1 aromatic carbocycles. The van der Waals surface area contributed by atoms with Gasteiger partial charge in [-0.2, -0.15) is 0 Å². The van der Waals surface area contributed by atoms with Gasteiger partial charge in [-0.15, -0.1) is 0 Å². The molecule has 1 heterocycles. The van der Waals surface area contributed by atoms with Crippen molar-refractivity contribution in [1.29, 1.82) is 0 Å². The molecule has 3 heteroatoms. The first-order chi connectivity index (χ1) is 6.20. The Kier molecular flexibility index (Phi) is 2.20. The fourth-order valence-corrected chi connectivity index (χ4v) is 2.35. The third-order valence-corrected chi connectivity index (χ3v) is 3.09. The number of rotatable bonds is 1. The third kappa shape index (κ3) is 1.41. The first-order valence-corrected chi connectivity index (χ1v) is 5.37. The maximum Gasteiger partial charge on any atom is 0.132 e. The van der Waals surface area contributed by atoms with Crippen LogP contribution in [0, 0.1) is 5.82 Å². The fourth-order valence-electron chi connectivity index (χ4n) is 1.51. The van der Waals surface area contributed by atoms with Crippen molar-refractivity contribution in [2.24, 2.45) is 0 Å². The van der Waals surface area contributed by atoms with Crippen molar-refractivity contribution in [1.82, 2.24) is 0 Å². The van der Waals surface area contributed by atoms with E-state index in [0.717, 1.165) is 22.6 Å². The summed E-state index contributed by atoms with van der Waals surface area (Å²) in [6, 6.07) is 3.84. The molecule has 2 rings (SSSR count). The van der Waals surface area contributed by atoms with Crippen LogP contribution >= 0.6 is 11.9 Å². The zero-order valence-corrected chi connectivity index (χ0v) is 8.54. The van der Waals surface area contributed by atoms with Crippen molar-refractivity contribution < 1.29 is 4.39 Å². The van der Waals surface area contributed by atoms with Crippen LogP contribution in [-0.4, -0.2) is 0 Å². The standard InChI is InChI=1S/C10H12FNS/c1-6(2)7-3-4-9-8(10(7)11)5-13-12-9/h3-4,6,12H,5H2,1-2H3. The topological polar surface area (TPSA) is 12.0 Å². The Hall–Kier alpha value is -0.700. The van der Waals surface area contributed by atoms with Gasteiger partial charge in [-0.05, 0) is 29.5 Å². The second-order valence-electron chi connectivity index (χ2n) is 3.54. The van der Waals surface area contributed by atoms with E-state index >= 15 is 0 Å². The van der Waals surface area contributed by atoms with E-state index in [-0.39, 0.29) is 11.7 Å². The summed E-state index contributed by atoms with van der Waals surface area (Å²) in [5.74, 6) is 0.975. The van der Waals surface area contributed by atoms with E-state index in [0.29, 0.717) is 0 Å². The lowest BCUT2D eigenvalue weighted by molar-refractivity contribution is 0.590. The molecule has 0 fully saturated rings. The van der Waals surface area contributed by atoms with Gasteiger partial charge in [-0.25, -0.2) is 4.39 Å². The summed E-state index contributed by atoms with van der Waals surface area (Å²) in [6.45, 7) is 4.03. The SMILES string of the molecule is CC(C)c1ccc2c(c1F)CSN2. The largest absolute Gasteiger partial charge is 0.329 e. The molecule has 0 spiro atoms. The van der Waals surface area contributed by atoms with Gasteiger partial charge in [0, 0.05) is 11.3 Å². The van der Waals surface area contributed by atoms with Crippen LogP contribution in [0.25, 0.3) is 0 Å². The molecule has 70 valence electrons. The lowest BCUT2D eigenvalue weighted by Gasteiger charge is -2.09. The summed E-state index contributed by atoms with van der Waals surface area (Å²) < 4.78 is 16.9. The van der Waals surface area contributed by atoms with Gasteiger partial charge in [0.15, 0.2) is 0 Å². The molecule has 1 aliphatic heterocycles. The molecule has 1 aliphatic rings. The van der Waals surface area contributed by atoms with E-state index in [4.69, 9.17) is 0 Å². The van der Waals surface area contributed by atoms with Crippen molar-refractivity contribution in [2.45, 2.75) is 25.5 Å². The summed E-state index contributed by atoms with van der Waals surface area (Å²) in [5.41, 5.74) is 2.59. The molecule has 0 aromatic heterocycles. The first-order valence-electron chi connectivity index (χ1n) is 4.39. The Morgan fingerprint density at radius 1 is 1.46 bits per heavy atom. The van der Waals surface area contributed by atoms with Crippen molar-refractivity contribution in [2.75, 3.05) is 4.72 Å². The Morgan fingerprint density at radius 3 is 2.92 bits per heavy atom. The molecule has 1 N–H and O–H groups in total. The summed E-state index contributed by atoms with van der Waals surface area (Å²) in [4.78, 5) is 0. The van der Waals surface area contributed by atoms with Gasteiger partial charge < -0.3 is 4.72 Å². The molecule has 1 aromatic rings. The molecule has 0 unspecified atom stereocenters. The van der Waals surface area contributed by atoms with Crippen molar-refractivity contribution >= 4 is 17.6 Å². The quantitative estimate of drug-likeness (QED) is 0.691. The number of benzene rings is 1. The second kappa shape index (κ2) is 3.22. The van der Waals surface area contributed by atoms with Gasteiger partial charge in [0.05, 0.1) is 5.69 Å². The minimum atomic E-state index is -0.0231. The summed E-state index contributed by atoms with van der Waals surface area (Å²) in [5, 5.41) is 0. The van der Waals surface area contributed by atoms with Crippen LogP contribution < -0.4 is 4.72 Å². The highest BCUT2D eigenvalue weighted by atomic mass is 32.2. The highest BCUT2D eigenvalue weighted by Gasteiger charge is 2.19. The molecular weight excluding hydrogens is 185 g/mol. The molecule has 0 saturated carbocycles. The zero-order chi connectivity index (χ0) is 9.42. The molecular formula is C10H12FNS. The van der Waals surface area contributed by atoms with Crippen molar-refractivity contribution in [3.05, 3.63) is 29.1 Å². The number of halogens is 1. The smallest absolute Gasteiger partial charge is 0.132 e. The Labute approximate surface area is 81.9 Å². The highest BCUT2D eigenvalue weighted by Crippen LogP contribution is 2.35. The molecule has 0 bridgehead atoms. The van der Waals surface area contributed by atoms with Crippen LogP contribution in [-0.2, 0) is 5.75 Å². The Morgan fingerprint density at radius 2 is 2.23 bits per heavy atom. The Bertz CT molecular complexity index is 336. The number of hydrogen-bond acceptors (Lipinski definition) is 2. The second-order valence-corrected chi connectivity index (χ2v) is 4.32. The summed E-state index contributed by atoms with van der Waals surface area (Å²) in [6.07, 6.45) is 0. The van der Waals surface area contributed by atoms with E-state index in [2.05, 4.69) is 4.72 Å². The minimum Gasteiger partial charge on any atom is -0.329 e. The molecule has 1 nitrogen and oxygen atoms in total. The lowest BCUT2D eigenvalue weighted by Crippen LogP contribution is -1.96. The summed E-state index contributed by atoms with van der Waals surface area (Å²) in [7, 11) is 0. The average molecular weight is 197 g/mol. The highest BCUT2D eigenvalue weighted by molar-refractivity contribution is 8.00. The van der Waals surface area contributed by atoms with Crippen LogP contribution in [0.3, 0.4) is 0 Å². The van der Waals surface area contributed by atoms with Crippen LogP contribution in [0.5, 0.6) is 0 Å². The summed E-state index contributed by atoms with van der Waals surface area (Å²) >= 11 is 1.55. The lowest BCUT2D eigenvalue weighted by atomic mass is 9.99. The minimum absolute atomic E-state index is 0.0231. The fraction of sp³-hybridized carbons (Fsp3) is 0.400. The predicted octanol–water partition coefficient (Wildman–Crippen LogP) is 3.52. The number of anilines is 1.